The fourth-order valence-corrected chi connectivity index (χ4v) is 5.47. The number of imidazole rings is 1. The second kappa shape index (κ2) is 5.84. The van der Waals surface area contributed by atoms with Crippen LogP contribution in [0.2, 0.25) is 0 Å². The molecule has 0 saturated carbocycles. The number of nitriles is 1. The molecule has 5 heterocycles. The third-order valence-electron chi connectivity index (χ3n) is 5.07. The van der Waals surface area contributed by atoms with Crippen LogP contribution in [0.3, 0.4) is 0 Å². The first-order chi connectivity index (χ1) is 13.4. The first-order valence-corrected chi connectivity index (χ1v) is 10.6. The fourth-order valence-electron chi connectivity index (χ4n) is 3.77. The summed E-state index contributed by atoms with van der Waals surface area (Å²) in [5.41, 5.74) is 3.18. The molecule has 0 N–H and O–H groups in total. The van der Waals surface area contributed by atoms with Crippen LogP contribution < -0.4 is 0 Å². The Morgan fingerprint density at radius 1 is 1.29 bits per heavy atom. The Morgan fingerprint density at radius 3 is 2.89 bits per heavy atom. The number of sulfone groups is 1. The fraction of sp³-hybridized carbons (Fsp3) is 0.278. The van der Waals surface area contributed by atoms with E-state index in [1.165, 1.54) is 0 Å². The van der Waals surface area contributed by atoms with Gasteiger partial charge in [0, 0.05) is 6.20 Å². The highest BCUT2D eigenvalue weighted by Gasteiger charge is 2.31. The zero-order chi connectivity index (χ0) is 19.5. The van der Waals surface area contributed by atoms with Crippen LogP contribution in [0.4, 0.5) is 0 Å². The Balaban J connectivity index is 1.69. The largest absolute Gasteiger partial charge is 0.309 e. The van der Waals surface area contributed by atoms with Crippen molar-refractivity contribution < 1.29 is 8.42 Å². The summed E-state index contributed by atoms with van der Waals surface area (Å²) in [5.74, 6) is 1.45. The van der Waals surface area contributed by atoms with E-state index in [-0.39, 0.29) is 17.5 Å². The Hall–Kier alpha value is -3.32. The Bertz CT molecular complexity index is 1390. The van der Waals surface area contributed by atoms with Gasteiger partial charge >= 0.3 is 0 Å². The van der Waals surface area contributed by atoms with Crippen molar-refractivity contribution in [2.75, 3.05) is 11.5 Å². The zero-order valence-electron chi connectivity index (χ0n) is 14.9. The average Bonchev–Trinajstić information content (AvgIpc) is 3.34. The van der Waals surface area contributed by atoms with Gasteiger partial charge in [0.15, 0.2) is 21.3 Å². The third-order valence-corrected chi connectivity index (χ3v) is 6.82. The van der Waals surface area contributed by atoms with Crippen LogP contribution >= 0.6 is 0 Å². The van der Waals surface area contributed by atoms with Gasteiger partial charge < -0.3 is 4.57 Å². The van der Waals surface area contributed by atoms with Crippen molar-refractivity contribution in [3.8, 4) is 17.5 Å². The number of nitrogens with zero attached hydrogens (tertiary/aromatic N) is 7. The summed E-state index contributed by atoms with van der Waals surface area (Å²) in [6, 6.07) is 5.37. The maximum atomic E-state index is 11.9. The molecule has 4 aromatic rings. The molecule has 0 spiro atoms. The van der Waals surface area contributed by atoms with Crippen molar-refractivity contribution in [2.24, 2.45) is 0 Å². The molecule has 10 heteroatoms. The van der Waals surface area contributed by atoms with Crippen LogP contribution in [0.5, 0.6) is 0 Å². The van der Waals surface area contributed by atoms with Gasteiger partial charge in [-0.15, -0.1) is 0 Å². The van der Waals surface area contributed by atoms with E-state index in [9.17, 15) is 8.42 Å². The van der Waals surface area contributed by atoms with Crippen molar-refractivity contribution >= 4 is 26.5 Å². The minimum absolute atomic E-state index is 0.0981. The lowest BCUT2D eigenvalue weighted by Crippen LogP contribution is -2.13. The predicted octanol–water partition coefficient (Wildman–Crippen LogP) is 1.68. The highest BCUT2D eigenvalue weighted by molar-refractivity contribution is 7.91. The van der Waals surface area contributed by atoms with Crippen molar-refractivity contribution in [1.82, 2.24) is 29.1 Å². The molecule has 0 radical (unpaired) electrons. The topological polar surface area (TPSA) is 119 Å². The normalized spacial score (nSPS) is 18.6. The molecule has 0 aromatic carbocycles. The molecule has 1 aliphatic heterocycles. The summed E-state index contributed by atoms with van der Waals surface area (Å²) in [6.45, 7) is 1.85. The highest BCUT2D eigenvalue weighted by Crippen LogP contribution is 2.30. The van der Waals surface area contributed by atoms with Crippen LogP contribution in [0, 0.1) is 18.3 Å². The van der Waals surface area contributed by atoms with Gasteiger partial charge in [-0.25, -0.2) is 27.9 Å². The number of aryl methyl sites for hydroxylation is 1. The number of rotatable bonds is 2. The minimum atomic E-state index is -3.03. The molecule has 1 fully saturated rings. The van der Waals surface area contributed by atoms with Crippen molar-refractivity contribution in [2.45, 2.75) is 19.4 Å². The zero-order valence-corrected chi connectivity index (χ0v) is 15.8. The van der Waals surface area contributed by atoms with E-state index in [4.69, 9.17) is 10.2 Å². The molecule has 0 amide bonds. The summed E-state index contributed by atoms with van der Waals surface area (Å²) < 4.78 is 27.4. The second-order valence-electron chi connectivity index (χ2n) is 6.90. The highest BCUT2D eigenvalue weighted by atomic mass is 32.2. The standard InChI is InChI=1S/C18H15N7O2S/c1-11-22-15-9-20-17(14-8-21-24-4-2-12(7-19)6-16(14)24)23-18(15)25(11)13-3-5-28(26,27)10-13/h2,4,6,8-9,13H,3,5,10H2,1H3. The maximum Gasteiger partial charge on any atom is 0.165 e. The van der Waals surface area contributed by atoms with Crippen molar-refractivity contribution in [3.63, 3.8) is 0 Å². The van der Waals surface area contributed by atoms with Gasteiger partial charge in [0.2, 0.25) is 0 Å². The number of hydrogen-bond donors (Lipinski definition) is 0. The number of aromatic nitrogens is 6. The van der Waals surface area contributed by atoms with E-state index in [1.807, 2.05) is 11.5 Å². The van der Waals surface area contributed by atoms with Crippen LogP contribution in [0.25, 0.3) is 28.1 Å². The van der Waals surface area contributed by atoms with Gasteiger partial charge in [-0.1, -0.05) is 0 Å². The SMILES string of the molecule is Cc1nc2cnc(-c3cnn4ccc(C#N)cc34)nc2n1C1CCS(=O)(=O)C1. The van der Waals surface area contributed by atoms with Gasteiger partial charge in [0.05, 0.1) is 52.7 Å². The summed E-state index contributed by atoms with van der Waals surface area (Å²) in [7, 11) is -3.03. The molecule has 28 heavy (non-hydrogen) atoms. The summed E-state index contributed by atoms with van der Waals surface area (Å²) in [6.07, 6.45) is 5.57. The molecule has 0 aliphatic carbocycles. The molecular formula is C18H15N7O2S. The van der Waals surface area contributed by atoms with Gasteiger partial charge in [-0.2, -0.15) is 10.4 Å². The molecule has 5 rings (SSSR count). The van der Waals surface area contributed by atoms with Crippen LogP contribution in [0.15, 0.2) is 30.7 Å². The predicted molar refractivity (Wildman–Crippen MR) is 101 cm³/mol. The average molecular weight is 393 g/mol. The Labute approximate surface area is 160 Å². The molecule has 1 aliphatic rings. The van der Waals surface area contributed by atoms with Crippen molar-refractivity contribution in [1.29, 1.82) is 5.26 Å². The quantitative estimate of drug-likeness (QED) is 0.508. The molecule has 4 aromatic heterocycles. The van der Waals surface area contributed by atoms with Crippen molar-refractivity contribution in [3.05, 3.63) is 42.1 Å². The van der Waals surface area contributed by atoms with Crippen LogP contribution in [-0.2, 0) is 9.84 Å². The minimum Gasteiger partial charge on any atom is -0.309 e. The first-order valence-electron chi connectivity index (χ1n) is 8.75. The van der Waals surface area contributed by atoms with E-state index in [0.29, 0.717) is 34.5 Å². The van der Waals surface area contributed by atoms with Crippen LogP contribution in [0.1, 0.15) is 23.9 Å². The molecule has 140 valence electrons. The van der Waals surface area contributed by atoms with E-state index >= 15 is 0 Å². The molecule has 9 nitrogen and oxygen atoms in total. The van der Waals surface area contributed by atoms with Crippen LogP contribution in [-0.4, -0.2) is 49.1 Å². The lowest BCUT2D eigenvalue weighted by molar-refractivity contribution is 0.553. The summed E-state index contributed by atoms with van der Waals surface area (Å²) >= 11 is 0. The monoisotopic (exact) mass is 393 g/mol. The first kappa shape index (κ1) is 16.8. The molecule has 0 bridgehead atoms. The van der Waals surface area contributed by atoms with Gasteiger partial charge in [-0.3, -0.25) is 0 Å². The van der Waals surface area contributed by atoms with E-state index < -0.39 is 9.84 Å². The molecule has 1 unspecified atom stereocenters. The third kappa shape index (κ3) is 2.55. The summed E-state index contributed by atoms with van der Waals surface area (Å²) in [5, 5.41) is 13.5. The molecular weight excluding hydrogens is 378 g/mol. The van der Waals surface area contributed by atoms with Gasteiger partial charge in [0.25, 0.3) is 0 Å². The van der Waals surface area contributed by atoms with Gasteiger partial charge in [0.1, 0.15) is 11.3 Å². The van der Waals surface area contributed by atoms with E-state index in [1.54, 1.807) is 35.2 Å². The van der Waals surface area contributed by atoms with E-state index in [0.717, 1.165) is 11.3 Å². The summed E-state index contributed by atoms with van der Waals surface area (Å²) in [4.78, 5) is 13.6. The lowest BCUT2D eigenvalue weighted by atomic mass is 10.2. The van der Waals surface area contributed by atoms with Gasteiger partial charge in [-0.05, 0) is 25.5 Å². The Morgan fingerprint density at radius 2 is 2.14 bits per heavy atom. The maximum absolute atomic E-state index is 11.9. The Kier molecular flexibility index (Phi) is 3.51. The lowest BCUT2D eigenvalue weighted by Gasteiger charge is -2.12. The number of hydrogen-bond acceptors (Lipinski definition) is 7. The number of fused-ring (bicyclic) bond motifs is 2. The molecule has 1 saturated heterocycles. The molecule has 1 atom stereocenters. The van der Waals surface area contributed by atoms with E-state index in [2.05, 4.69) is 21.1 Å². The number of pyridine rings is 1. The second-order valence-corrected chi connectivity index (χ2v) is 9.13. The smallest absolute Gasteiger partial charge is 0.165 e.